The van der Waals surface area contributed by atoms with Crippen molar-refractivity contribution in [2.45, 2.75) is 19.3 Å². The van der Waals surface area contributed by atoms with E-state index in [-0.39, 0.29) is 0 Å². The van der Waals surface area contributed by atoms with Crippen LogP contribution in [-0.4, -0.2) is 13.4 Å². The van der Waals surface area contributed by atoms with E-state index in [1.165, 1.54) is 5.56 Å². The molecule has 1 rings (SSSR count). The van der Waals surface area contributed by atoms with Crippen molar-refractivity contribution in [3.05, 3.63) is 35.9 Å². The zero-order valence-electron chi connectivity index (χ0n) is 7.74. The molecule has 0 aliphatic rings. The van der Waals surface area contributed by atoms with Crippen molar-refractivity contribution in [2.75, 3.05) is 13.4 Å². The molecule has 0 spiro atoms. The van der Waals surface area contributed by atoms with Crippen LogP contribution in [0.15, 0.2) is 30.3 Å². The maximum absolute atomic E-state index is 9.94. The first-order valence-corrected chi connectivity index (χ1v) is 4.63. The molecule has 0 aliphatic carbocycles. The van der Waals surface area contributed by atoms with Crippen LogP contribution < -0.4 is 0 Å². The van der Waals surface area contributed by atoms with Gasteiger partial charge in [0, 0.05) is 6.61 Å². The predicted octanol–water partition coefficient (Wildman–Crippen LogP) is 2.41. The van der Waals surface area contributed by atoms with E-state index < -0.39 is 6.79 Å². The Hall–Kier alpha value is -0.860. The summed E-state index contributed by atoms with van der Waals surface area (Å²) in [7, 11) is 0. The van der Waals surface area contributed by atoms with Gasteiger partial charge in [-0.1, -0.05) is 30.3 Å². The number of unbranched alkanes of at least 4 members (excludes halogenated alkanes) is 1. The first kappa shape index (κ1) is 10.2. The molecule has 1 radical (unpaired) electrons. The SMILES string of the molecule is [O]COCCCCc1ccccc1. The quantitative estimate of drug-likeness (QED) is 0.487. The number of benzene rings is 1. The molecule has 0 atom stereocenters. The lowest BCUT2D eigenvalue weighted by Crippen LogP contribution is -1.95. The normalized spacial score (nSPS) is 10.2. The molecule has 0 N–H and O–H groups in total. The average Bonchev–Trinajstić information content (AvgIpc) is 2.19. The molecule has 2 nitrogen and oxygen atoms in total. The molecular formula is C11H15O2. The number of hydrogen-bond acceptors (Lipinski definition) is 1. The molecule has 0 aromatic heterocycles. The summed E-state index contributed by atoms with van der Waals surface area (Å²) in [6.07, 6.45) is 3.13. The van der Waals surface area contributed by atoms with Gasteiger partial charge in [-0.2, -0.15) is 0 Å². The van der Waals surface area contributed by atoms with Gasteiger partial charge in [0.1, 0.15) is 0 Å². The van der Waals surface area contributed by atoms with Crippen LogP contribution in [0.25, 0.3) is 0 Å². The molecule has 0 amide bonds. The molecule has 0 aliphatic heterocycles. The van der Waals surface area contributed by atoms with E-state index in [1.54, 1.807) is 0 Å². The van der Waals surface area contributed by atoms with Crippen LogP contribution >= 0.6 is 0 Å². The fourth-order valence-electron chi connectivity index (χ4n) is 1.24. The first-order valence-electron chi connectivity index (χ1n) is 4.63. The van der Waals surface area contributed by atoms with Crippen LogP contribution in [0, 0.1) is 0 Å². The van der Waals surface area contributed by atoms with Crippen LogP contribution in [0.4, 0.5) is 0 Å². The molecular weight excluding hydrogens is 164 g/mol. The Bertz CT molecular complexity index is 209. The number of hydrogen-bond donors (Lipinski definition) is 0. The second-order valence-electron chi connectivity index (χ2n) is 2.97. The molecule has 0 bridgehead atoms. The molecule has 0 heterocycles. The standard InChI is InChI=1S/C11H15O2/c12-10-13-9-5-4-8-11-6-2-1-3-7-11/h1-3,6-7H,4-5,8-10H2. The number of ether oxygens (including phenoxy) is 1. The van der Waals surface area contributed by atoms with Gasteiger partial charge in [0.05, 0.1) is 0 Å². The summed E-state index contributed by atoms with van der Waals surface area (Å²) in [6.45, 7) is 0.182. The van der Waals surface area contributed by atoms with Crippen LogP contribution in [0.5, 0.6) is 0 Å². The largest absolute Gasteiger partial charge is 0.352 e. The van der Waals surface area contributed by atoms with Crippen molar-refractivity contribution in [3.8, 4) is 0 Å². The van der Waals surface area contributed by atoms with Crippen LogP contribution in [0.1, 0.15) is 18.4 Å². The van der Waals surface area contributed by atoms with Crippen molar-refractivity contribution in [2.24, 2.45) is 0 Å². The van der Waals surface area contributed by atoms with Gasteiger partial charge in [0.25, 0.3) is 0 Å². The van der Waals surface area contributed by atoms with E-state index in [2.05, 4.69) is 12.1 Å². The fourth-order valence-corrected chi connectivity index (χ4v) is 1.24. The van der Waals surface area contributed by atoms with Crippen molar-refractivity contribution >= 4 is 0 Å². The average molecular weight is 179 g/mol. The zero-order valence-corrected chi connectivity index (χ0v) is 7.74. The minimum Gasteiger partial charge on any atom is -0.352 e. The van der Waals surface area contributed by atoms with E-state index in [4.69, 9.17) is 4.74 Å². The third kappa shape index (κ3) is 4.65. The van der Waals surface area contributed by atoms with Crippen LogP contribution in [-0.2, 0) is 16.3 Å². The molecule has 2 heteroatoms. The predicted molar refractivity (Wildman–Crippen MR) is 50.9 cm³/mol. The second-order valence-corrected chi connectivity index (χ2v) is 2.97. The van der Waals surface area contributed by atoms with Gasteiger partial charge in [-0.15, -0.1) is 0 Å². The van der Waals surface area contributed by atoms with Crippen molar-refractivity contribution < 1.29 is 9.84 Å². The maximum atomic E-state index is 9.94. The third-order valence-corrected chi connectivity index (χ3v) is 1.93. The fraction of sp³-hybridized carbons (Fsp3) is 0.455. The van der Waals surface area contributed by atoms with Crippen molar-refractivity contribution in [1.29, 1.82) is 0 Å². The van der Waals surface area contributed by atoms with E-state index >= 15 is 0 Å². The lowest BCUT2D eigenvalue weighted by Gasteiger charge is -2.00. The van der Waals surface area contributed by atoms with Gasteiger partial charge >= 0.3 is 0 Å². The lowest BCUT2D eigenvalue weighted by atomic mass is 10.1. The smallest absolute Gasteiger partial charge is 0.180 e. The minimum absolute atomic E-state index is 0.411. The van der Waals surface area contributed by atoms with E-state index in [9.17, 15) is 5.11 Å². The van der Waals surface area contributed by atoms with Gasteiger partial charge in [-0.3, -0.25) is 0 Å². The Kier molecular flexibility index (Phi) is 5.22. The monoisotopic (exact) mass is 179 g/mol. The highest BCUT2D eigenvalue weighted by atomic mass is 16.6. The molecule has 0 saturated heterocycles. The lowest BCUT2D eigenvalue weighted by molar-refractivity contribution is -0.0445. The summed E-state index contributed by atoms with van der Waals surface area (Å²) in [4.78, 5) is 0. The molecule has 1 aromatic carbocycles. The van der Waals surface area contributed by atoms with Crippen LogP contribution in [0.3, 0.4) is 0 Å². The van der Waals surface area contributed by atoms with Gasteiger partial charge in [0.15, 0.2) is 6.79 Å². The Labute approximate surface area is 79.2 Å². The molecule has 13 heavy (non-hydrogen) atoms. The summed E-state index contributed by atoms with van der Waals surface area (Å²) in [5, 5.41) is 9.94. The Morgan fingerprint density at radius 2 is 1.85 bits per heavy atom. The summed E-state index contributed by atoms with van der Waals surface area (Å²) in [6, 6.07) is 10.3. The first-order chi connectivity index (χ1) is 6.43. The highest BCUT2D eigenvalue weighted by Crippen LogP contribution is 2.04. The highest BCUT2D eigenvalue weighted by molar-refractivity contribution is 5.14. The van der Waals surface area contributed by atoms with Gasteiger partial charge in [-0.05, 0) is 24.8 Å². The van der Waals surface area contributed by atoms with Gasteiger partial charge in [-0.25, -0.2) is 5.11 Å². The summed E-state index contributed by atoms with van der Waals surface area (Å²) >= 11 is 0. The van der Waals surface area contributed by atoms with E-state index in [0.717, 1.165) is 19.3 Å². The minimum atomic E-state index is -0.411. The van der Waals surface area contributed by atoms with E-state index in [0.29, 0.717) is 6.61 Å². The maximum Gasteiger partial charge on any atom is 0.180 e. The Morgan fingerprint density at radius 1 is 1.08 bits per heavy atom. The molecule has 0 fully saturated rings. The summed E-state index contributed by atoms with van der Waals surface area (Å²) < 4.78 is 4.72. The number of rotatable bonds is 6. The van der Waals surface area contributed by atoms with Gasteiger partial charge < -0.3 is 4.74 Å². The Morgan fingerprint density at radius 3 is 2.54 bits per heavy atom. The summed E-state index contributed by atoms with van der Waals surface area (Å²) in [5.41, 5.74) is 1.35. The zero-order chi connectivity index (χ0) is 9.36. The number of aryl methyl sites for hydroxylation is 1. The van der Waals surface area contributed by atoms with Gasteiger partial charge in [0.2, 0.25) is 0 Å². The van der Waals surface area contributed by atoms with Crippen molar-refractivity contribution in [1.82, 2.24) is 0 Å². The molecule has 1 aromatic rings. The van der Waals surface area contributed by atoms with Crippen molar-refractivity contribution in [3.63, 3.8) is 0 Å². The third-order valence-electron chi connectivity index (χ3n) is 1.93. The Balaban J connectivity index is 2.07. The second kappa shape index (κ2) is 6.63. The topological polar surface area (TPSA) is 29.1 Å². The van der Waals surface area contributed by atoms with E-state index in [1.807, 2.05) is 18.2 Å². The molecule has 71 valence electrons. The highest BCUT2D eigenvalue weighted by Gasteiger charge is 1.91. The molecule has 0 saturated carbocycles. The summed E-state index contributed by atoms with van der Waals surface area (Å²) in [5.74, 6) is 0. The molecule has 0 unspecified atom stereocenters. The van der Waals surface area contributed by atoms with Crippen LogP contribution in [0.2, 0.25) is 0 Å².